The van der Waals surface area contributed by atoms with E-state index in [4.69, 9.17) is 4.74 Å². The monoisotopic (exact) mass is 335 g/mol. The summed E-state index contributed by atoms with van der Waals surface area (Å²) in [6, 6.07) is 6.13. The van der Waals surface area contributed by atoms with E-state index in [0.717, 1.165) is 30.4 Å². The summed E-state index contributed by atoms with van der Waals surface area (Å²) in [6.45, 7) is 1.56. The Morgan fingerprint density at radius 2 is 2.04 bits per heavy atom. The summed E-state index contributed by atoms with van der Waals surface area (Å²) in [4.78, 5) is 24.6. The zero-order chi connectivity index (χ0) is 16.4. The van der Waals surface area contributed by atoms with Crippen molar-refractivity contribution in [3.8, 4) is 0 Å². The molecule has 1 aliphatic carbocycles. The van der Waals surface area contributed by atoms with Gasteiger partial charge in [-0.15, -0.1) is 11.3 Å². The molecule has 4 nitrogen and oxygen atoms in total. The molecule has 0 spiro atoms. The Hall–Kier alpha value is -1.95. The van der Waals surface area contributed by atoms with Gasteiger partial charge in [-0.05, 0) is 49.4 Å². The maximum absolute atomic E-state index is 13.2. The average molecular weight is 335 g/mol. The van der Waals surface area contributed by atoms with E-state index in [2.05, 4.69) is 5.32 Å². The first-order valence-electron chi connectivity index (χ1n) is 7.73. The number of rotatable bonds is 4. The predicted octanol–water partition coefficient (Wildman–Crippen LogP) is 3.64. The van der Waals surface area contributed by atoms with Gasteiger partial charge in [-0.25, -0.2) is 9.18 Å². The molecule has 1 aromatic heterocycles. The summed E-state index contributed by atoms with van der Waals surface area (Å²) in [5.41, 5.74) is 0. The number of hydrogen-bond donors (Lipinski definition) is 1. The molecule has 23 heavy (non-hydrogen) atoms. The number of halogens is 1. The van der Waals surface area contributed by atoms with E-state index in [9.17, 15) is 14.0 Å². The molecule has 1 amide bonds. The number of ether oxygens (including phenoxy) is 1. The highest BCUT2D eigenvalue weighted by Gasteiger charge is 2.24. The number of thiophene rings is 1. The zero-order valence-corrected chi connectivity index (χ0v) is 13.6. The lowest BCUT2D eigenvalue weighted by molar-refractivity contribution is -0.129. The number of nitrogens with one attached hydrogen (secondary N) is 1. The van der Waals surface area contributed by atoms with E-state index >= 15 is 0 Å². The van der Waals surface area contributed by atoms with Gasteiger partial charge in [0.15, 0.2) is 6.10 Å². The Balaban J connectivity index is 1.63. The predicted molar refractivity (Wildman–Crippen MR) is 87.1 cm³/mol. The zero-order valence-electron chi connectivity index (χ0n) is 12.8. The third-order valence-electron chi connectivity index (χ3n) is 4.03. The quantitative estimate of drug-likeness (QED) is 0.868. The van der Waals surface area contributed by atoms with Crippen molar-refractivity contribution in [2.45, 2.75) is 44.8 Å². The third-order valence-corrected chi connectivity index (χ3v) is 5.13. The first-order valence-corrected chi connectivity index (χ1v) is 8.55. The van der Waals surface area contributed by atoms with Gasteiger partial charge in [0.05, 0.1) is 0 Å². The standard InChI is InChI=1S/C17H18FNO3S/c1-10(16(20)19-13-4-2-3-5-13)22-17(21)15-9-11-8-12(18)6-7-14(11)23-15/h6-10,13H,2-5H2,1H3,(H,19,20). The van der Waals surface area contributed by atoms with E-state index in [1.807, 2.05) is 0 Å². The molecule has 1 N–H and O–H groups in total. The number of carbonyl (C=O) groups is 2. The molecule has 122 valence electrons. The normalized spacial score (nSPS) is 16.4. The largest absolute Gasteiger partial charge is 0.448 e. The van der Waals surface area contributed by atoms with Crippen LogP contribution in [0.2, 0.25) is 0 Å². The molecule has 1 aliphatic rings. The van der Waals surface area contributed by atoms with Crippen LogP contribution in [0, 0.1) is 5.82 Å². The van der Waals surface area contributed by atoms with Crippen molar-refractivity contribution in [3.63, 3.8) is 0 Å². The molecule has 1 atom stereocenters. The Kier molecular flexibility index (Phi) is 4.61. The van der Waals surface area contributed by atoms with Gasteiger partial charge in [0, 0.05) is 10.7 Å². The number of benzene rings is 1. The molecule has 0 saturated heterocycles. The fraction of sp³-hybridized carbons (Fsp3) is 0.412. The van der Waals surface area contributed by atoms with Gasteiger partial charge in [0.1, 0.15) is 10.7 Å². The van der Waals surface area contributed by atoms with Crippen molar-refractivity contribution in [2.75, 3.05) is 0 Å². The fourth-order valence-electron chi connectivity index (χ4n) is 2.78. The Morgan fingerprint density at radius 3 is 2.78 bits per heavy atom. The number of amides is 1. The first kappa shape index (κ1) is 15.9. The van der Waals surface area contributed by atoms with E-state index < -0.39 is 12.1 Å². The fourth-order valence-corrected chi connectivity index (χ4v) is 3.70. The summed E-state index contributed by atoms with van der Waals surface area (Å²) < 4.78 is 19.2. The van der Waals surface area contributed by atoms with Gasteiger partial charge >= 0.3 is 5.97 Å². The van der Waals surface area contributed by atoms with Crippen molar-refractivity contribution in [1.29, 1.82) is 0 Å². The number of carbonyl (C=O) groups excluding carboxylic acids is 2. The van der Waals surface area contributed by atoms with Crippen LogP contribution in [0.25, 0.3) is 10.1 Å². The number of fused-ring (bicyclic) bond motifs is 1. The average Bonchev–Trinajstić information content (AvgIpc) is 3.15. The maximum atomic E-state index is 13.2. The van der Waals surface area contributed by atoms with Crippen LogP contribution in [0.4, 0.5) is 4.39 Å². The summed E-state index contributed by atoms with van der Waals surface area (Å²) >= 11 is 1.23. The van der Waals surface area contributed by atoms with Gasteiger partial charge in [-0.3, -0.25) is 4.79 Å². The van der Waals surface area contributed by atoms with Crippen molar-refractivity contribution < 1.29 is 18.7 Å². The number of esters is 1. The summed E-state index contributed by atoms with van der Waals surface area (Å²) in [5, 5.41) is 3.56. The minimum absolute atomic E-state index is 0.191. The second-order valence-electron chi connectivity index (χ2n) is 5.83. The van der Waals surface area contributed by atoms with Gasteiger partial charge in [0.25, 0.3) is 5.91 Å². The van der Waals surface area contributed by atoms with Crippen molar-refractivity contribution >= 4 is 33.3 Å². The molecule has 1 heterocycles. The smallest absolute Gasteiger partial charge is 0.349 e. The van der Waals surface area contributed by atoms with Crippen LogP contribution in [0.15, 0.2) is 24.3 Å². The molecular formula is C17H18FNO3S. The Labute approximate surface area is 137 Å². The Bertz CT molecular complexity index is 737. The molecule has 1 saturated carbocycles. The number of hydrogen-bond acceptors (Lipinski definition) is 4. The van der Waals surface area contributed by atoms with Gasteiger partial charge in [0.2, 0.25) is 0 Å². The molecular weight excluding hydrogens is 317 g/mol. The lowest BCUT2D eigenvalue weighted by Gasteiger charge is -2.16. The van der Waals surface area contributed by atoms with Crippen LogP contribution in [-0.2, 0) is 9.53 Å². The molecule has 3 rings (SSSR count). The van der Waals surface area contributed by atoms with E-state index in [-0.39, 0.29) is 17.8 Å². The highest BCUT2D eigenvalue weighted by atomic mass is 32.1. The van der Waals surface area contributed by atoms with Crippen molar-refractivity contribution in [3.05, 3.63) is 35.0 Å². The highest BCUT2D eigenvalue weighted by molar-refractivity contribution is 7.20. The van der Waals surface area contributed by atoms with Crippen LogP contribution >= 0.6 is 11.3 Å². The second kappa shape index (κ2) is 6.66. The van der Waals surface area contributed by atoms with Crippen LogP contribution in [-0.4, -0.2) is 24.0 Å². The Morgan fingerprint density at radius 1 is 1.30 bits per heavy atom. The third kappa shape index (κ3) is 3.69. The molecule has 1 aromatic carbocycles. The van der Waals surface area contributed by atoms with E-state index in [0.29, 0.717) is 10.3 Å². The van der Waals surface area contributed by atoms with E-state index in [1.165, 1.54) is 23.5 Å². The molecule has 1 fully saturated rings. The molecule has 0 bridgehead atoms. The molecule has 1 unspecified atom stereocenters. The lowest BCUT2D eigenvalue weighted by Crippen LogP contribution is -2.40. The van der Waals surface area contributed by atoms with Crippen LogP contribution in [0.1, 0.15) is 42.3 Å². The van der Waals surface area contributed by atoms with Crippen molar-refractivity contribution in [1.82, 2.24) is 5.32 Å². The first-order chi connectivity index (χ1) is 11.0. The minimum Gasteiger partial charge on any atom is -0.448 e. The van der Waals surface area contributed by atoms with Gasteiger partial charge in [-0.1, -0.05) is 12.8 Å². The molecule has 0 aliphatic heterocycles. The summed E-state index contributed by atoms with van der Waals surface area (Å²) in [5.74, 6) is -1.17. The van der Waals surface area contributed by atoms with Crippen molar-refractivity contribution in [2.24, 2.45) is 0 Å². The summed E-state index contributed by atoms with van der Waals surface area (Å²) in [6.07, 6.45) is 3.36. The van der Waals surface area contributed by atoms with Crippen LogP contribution < -0.4 is 5.32 Å². The highest BCUT2D eigenvalue weighted by Crippen LogP contribution is 2.27. The lowest BCUT2D eigenvalue weighted by atomic mass is 10.2. The van der Waals surface area contributed by atoms with Crippen LogP contribution in [0.5, 0.6) is 0 Å². The van der Waals surface area contributed by atoms with Gasteiger partial charge in [-0.2, -0.15) is 0 Å². The topological polar surface area (TPSA) is 55.4 Å². The second-order valence-corrected chi connectivity index (χ2v) is 6.91. The SMILES string of the molecule is CC(OC(=O)c1cc2cc(F)ccc2s1)C(=O)NC1CCCC1. The van der Waals surface area contributed by atoms with Gasteiger partial charge < -0.3 is 10.1 Å². The molecule has 2 aromatic rings. The molecule has 0 radical (unpaired) electrons. The maximum Gasteiger partial charge on any atom is 0.349 e. The minimum atomic E-state index is -0.843. The molecule has 6 heteroatoms. The summed E-state index contributed by atoms with van der Waals surface area (Å²) in [7, 11) is 0. The van der Waals surface area contributed by atoms with E-state index in [1.54, 1.807) is 19.1 Å². The van der Waals surface area contributed by atoms with Crippen LogP contribution in [0.3, 0.4) is 0 Å².